The molecule has 1 aliphatic heterocycles. The highest BCUT2D eigenvalue weighted by molar-refractivity contribution is 6.00. The molecule has 1 aromatic carbocycles. The molecular formula is C15H23N3O. The van der Waals surface area contributed by atoms with E-state index in [1.165, 1.54) is 5.56 Å². The molecule has 0 bridgehead atoms. The first-order valence-corrected chi connectivity index (χ1v) is 6.71. The summed E-state index contributed by atoms with van der Waals surface area (Å²) in [6.45, 7) is 6.06. The van der Waals surface area contributed by atoms with Crippen molar-refractivity contribution in [3.63, 3.8) is 0 Å². The number of nitrogens with one attached hydrogen (secondary N) is 2. The summed E-state index contributed by atoms with van der Waals surface area (Å²) in [5.41, 5.74) is 3.50. The van der Waals surface area contributed by atoms with Crippen LogP contribution < -0.4 is 15.5 Å². The minimum atomic E-state index is 0.0902. The fourth-order valence-electron chi connectivity index (χ4n) is 2.24. The molecule has 2 N–H and O–H groups in total. The zero-order valence-electron chi connectivity index (χ0n) is 12.2. The highest BCUT2D eigenvalue weighted by Crippen LogP contribution is 2.28. The number of fused-ring (bicyclic) bond motifs is 1. The maximum atomic E-state index is 11.6. The van der Waals surface area contributed by atoms with Gasteiger partial charge in [0.05, 0.1) is 6.42 Å². The van der Waals surface area contributed by atoms with Crippen LogP contribution in [0.4, 0.5) is 5.69 Å². The van der Waals surface area contributed by atoms with Crippen LogP contribution in [0.5, 0.6) is 0 Å². The van der Waals surface area contributed by atoms with Crippen LogP contribution in [0.3, 0.4) is 0 Å². The van der Waals surface area contributed by atoms with Gasteiger partial charge in [0, 0.05) is 31.4 Å². The second-order valence-electron chi connectivity index (χ2n) is 5.83. The molecular weight excluding hydrogens is 238 g/mol. The molecule has 1 aromatic rings. The van der Waals surface area contributed by atoms with Crippen LogP contribution in [0, 0.1) is 0 Å². The Kier molecular flexibility index (Phi) is 3.92. The van der Waals surface area contributed by atoms with Crippen molar-refractivity contribution in [1.29, 1.82) is 0 Å². The van der Waals surface area contributed by atoms with E-state index in [4.69, 9.17) is 0 Å². The van der Waals surface area contributed by atoms with E-state index in [2.05, 4.69) is 36.6 Å². The third-order valence-electron chi connectivity index (χ3n) is 3.79. The van der Waals surface area contributed by atoms with Gasteiger partial charge in [-0.25, -0.2) is 0 Å². The zero-order chi connectivity index (χ0) is 14.0. The number of carbonyl (C=O) groups excluding carboxylic acids is 1. The summed E-state index contributed by atoms with van der Waals surface area (Å²) in [7, 11) is 3.81. The Morgan fingerprint density at radius 1 is 1.37 bits per heavy atom. The van der Waals surface area contributed by atoms with E-state index in [9.17, 15) is 4.79 Å². The minimum absolute atomic E-state index is 0.0902. The van der Waals surface area contributed by atoms with Crippen molar-refractivity contribution >= 4 is 11.6 Å². The van der Waals surface area contributed by atoms with Gasteiger partial charge in [-0.1, -0.05) is 12.1 Å². The number of anilines is 1. The molecule has 0 radical (unpaired) electrons. The van der Waals surface area contributed by atoms with Crippen LogP contribution in [0.15, 0.2) is 18.2 Å². The molecule has 0 unspecified atom stereocenters. The van der Waals surface area contributed by atoms with Crippen molar-refractivity contribution in [1.82, 2.24) is 10.6 Å². The highest BCUT2D eigenvalue weighted by Gasteiger charge is 2.23. The number of likely N-dealkylation sites (N-methyl/N-ethyl adjacent to an activating group) is 2. The smallest absolute Gasteiger partial charge is 0.231 e. The van der Waals surface area contributed by atoms with E-state index in [1.54, 1.807) is 4.90 Å². The number of rotatable bonds is 5. The molecule has 4 heteroatoms. The molecule has 1 aliphatic rings. The Balaban J connectivity index is 1.97. The summed E-state index contributed by atoms with van der Waals surface area (Å²) in [5, 5.41) is 6.71. The Hall–Kier alpha value is -1.39. The first-order valence-electron chi connectivity index (χ1n) is 6.71. The van der Waals surface area contributed by atoms with Crippen LogP contribution in [-0.4, -0.2) is 32.1 Å². The van der Waals surface area contributed by atoms with Gasteiger partial charge in [0.15, 0.2) is 0 Å². The van der Waals surface area contributed by atoms with E-state index < -0.39 is 0 Å². The molecule has 0 atom stereocenters. The molecule has 1 amide bonds. The maximum Gasteiger partial charge on any atom is 0.231 e. The molecule has 0 spiro atoms. The van der Waals surface area contributed by atoms with Gasteiger partial charge in [0.1, 0.15) is 0 Å². The van der Waals surface area contributed by atoms with Gasteiger partial charge in [-0.2, -0.15) is 0 Å². The van der Waals surface area contributed by atoms with Crippen molar-refractivity contribution in [2.45, 2.75) is 32.4 Å². The van der Waals surface area contributed by atoms with E-state index >= 15 is 0 Å². The van der Waals surface area contributed by atoms with Crippen LogP contribution in [-0.2, 0) is 17.8 Å². The average Bonchev–Trinajstić information content (AvgIpc) is 2.65. The second-order valence-corrected chi connectivity index (χ2v) is 5.83. The van der Waals surface area contributed by atoms with Gasteiger partial charge in [-0.3, -0.25) is 4.79 Å². The lowest BCUT2D eigenvalue weighted by atomic mass is 10.1. The lowest BCUT2D eigenvalue weighted by Gasteiger charge is -2.24. The molecule has 0 saturated carbocycles. The van der Waals surface area contributed by atoms with E-state index in [0.717, 1.165) is 24.3 Å². The van der Waals surface area contributed by atoms with E-state index in [0.29, 0.717) is 6.42 Å². The Morgan fingerprint density at radius 3 is 2.79 bits per heavy atom. The van der Waals surface area contributed by atoms with Gasteiger partial charge in [0.2, 0.25) is 5.91 Å². The third kappa shape index (κ3) is 3.14. The molecule has 0 aromatic heterocycles. The first kappa shape index (κ1) is 14.0. The lowest BCUT2D eigenvalue weighted by molar-refractivity contribution is -0.117. The van der Waals surface area contributed by atoms with Gasteiger partial charge < -0.3 is 15.5 Å². The molecule has 1 heterocycles. The summed E-state index contributed by atoms with van der Waals surface area (Å²) in [6.07, 6.45) is 0.529. The molecule has 0 fully saturated rings. The van der Waals surface area contributed by atoms with Crippen LogP contribution in [0.1, 0.15) is 25.0 Å². The molecule has 0 saturated heterocycles. The van der Waals surface area contributed by atoms with Gasteiger partial charge in [-0.05, 0) is 38.1 Å². The Bertz CT molecular complexity index is 482. The first-order chi connectivity index (χ1) is 8.93. The Labute approximate surface area is 115 Å². The van der Waals surface area contributed by atoms with Crippen molar-refractivity contribution < 1.29 is 4.79 Å². The summed E-state index contributed by atoms with van der Waals surface area (Å²) < 4.78 is 0. The Morgan fingerprint density at radius 2 is 2.11 bits per heavy atom. The molecule has 0 aliphatic carbocycles. The molecule has 2 rings (SSSR count). The lowest BCUT2D eigenvalue weighted by Crippen LogP contribution is -2.45. The van der Waals surface area contributed by atoms with Crippen molar-refractivity contribution in [2.75, 3.05) is 25.5 Å². The van der Waals surface area contributed by atoms with Gasteiger partial charge in [0.25, 0.3) is 0 Å². The number of nitrogens with zero attached hydrogens (tertiary/aromatic N) is 1. The quantitative estimate of drug-likeness (QED) is 0.839. The normalized spacial score (nSPS) is 14.9. The topological polar surface area (TPSA) is 44.4 Å². The second kappa shape index (κ2) is 5.31. The summed E-state index contributed by atoms with van der Waals surface area (Å²) >= 11 is 0. The summed E-state index contributed by atoms with van der Waals surface area (Å²) in [5.74, 6) is 0.177. The number of benzene rings is 1. The van der Waals surface area contributed by atoms with Crippen molar-refractivity contribution in [3.8, 4) is 0 Å². The van der Waals surface area contributed by atoms with Crippen molar-refractivity contribution in [3.05, 3.63) is 29.3 Å². The monoisotopic (exact) mass is 261 g/mol. The fourth-order valence-corrected chi connectivity index (χ4v) is 2.24. The summed E-state index contributed by atoms with van der Waals surface area (Å²) in [4.78, 5) is 13.4. The third-order valence-corrected chi connectivity index (χ3v) is 3.79. The van der Waals surface area contributed by atoms with Crippen LogP contribution in [0.25, 0.3) is 0 Å². The number of hydrogen-bond acceptors (Lipinski definition) is 3. The maximum absolute atomic E-state index is 11.6. The molecule has 4 nitrogen and oxygen atoms in total. The van der Waals surface area contributed by atoms with Crippen LogP contribution in [0.2, 0.25) is 0 Å². The summed E-state index contributed by atoms with van der Waals surface area (Å²) in [6, 6.07) is 6.27. The molecule has 104 valence electrons. The highest BCUT2D eigenvalue weighted by atomic mass is 16.2. The van der Waals surface area contributed by atoms with Crippen molar-refractivity contribution in [2.24, 2.45) is 0 Å². The van der Waals surface area contributed by atoms with Crippen LogP contribution >= 0.6 is 0 Å². The largest absolute Gasteiger partial charge is 0.315 e. The minimum Gasteiger partial charge on any atom is -0.315 e. The standard InChI is InChI=1S/C15H23N3O/c1-15(2,16-3)10-17-9-11-5-6-13-12(7-11)8-14(19)18(13)4/h5-7,16-17H,8-10H2,1-4H3. The van der Waals surface area contributed by atoms with Gasteiger partial charge >= 0.3 is 0 Å². The van der Waals surface area contributed by atoms with E-state index in [-0.39, 0.29) is 11.4 Å². The fraction of sp³-hybridized carbons (Fsp3) is 0.533. The van der Waals surface area contributed by atoms with E-state index in [1.807, 2.05) is 20.2 Å². The number of amides is 1. The molecule has 19 heavy (non-hydrogen) atoms. The predicted molar refractivity (Wildman–Crippen MR) is 78.4 cm³/mol. The van der Waals surface area contributed by atoms with Gasteiger partial charge in [-0.15, -0.1) is 0 Å². The zero-order valence-corrected chi connectivity index (χ0v) is 12.2. The number of hydrogen-bond donors (Lipinski definition) is 2. The SMILES string of the molecule is CNC(C)(C)CNCc1ccc2c(c1)CC(=O)N2C. The average molecular weight is 261 g/mol. The predicted octanol–water partition coefficient (Wildman–Crippen LogP) is 1.29. The number of carbonyl (C=O) groups is 1.